The zero-order valence-electron chi connectivity index (χ0n) is 15.6. The van der Waals surface area contributed by atoms with E-state index in [1.54, 1.807) is 0 Å². The van der Waals surface area contributed by atoms with E-state index in [0.29, 0.717) is 0 Å². The van der Waals surface area contributed by atoms with Crippen LogP contribution in [0.1, 0.15) is 55.4 Å². The Morgan fingerprint density at radius 3 is 0.810 bits per heavy atom. The van der Waals surface area contributed by atoms with Crippen molar-refractivity contribution < 1.29 is 0 Å². The topological polar surface area (TPSA) is 0 Å². The van der Waals surface area contributed by atoms with E-state index in [0.717, 1.165) is 0 Å². The molecule has 0 aliphatic rings. The van der Waals surface area contributed by atoms with Crippen LogP contribution in [0.5, 0.6) is 0 Å². The van der Waals surface area contributed by atoms with Crippen molar-refractivity contribution in [3.63, 3.8) is 0 Å². The first-order valence-electron chi connectivity index (χ1n) is 8.20. The van der Waals surface area contributed by atoms with Crippen molar-refractivity contribution in [3.8, 4) is 0 Å². The van der Waals surface area contributed by atoms with Crippen molar-refractivity contribution in [2.45, 2.75) is 73.1 Å². The molecule has 0 bridgehead atoms. The Hall–Kier alpha value is -0.241. The summed E-state index contributed by atoms with van der Waals surface area (Å²) in [6.07, 6.45) is 10.0. The molecule has 1 heteroatoms. The van der Waals surface area contributed by atoms with Crippen LogP contribution in [0.2, 0.25) is 17.7 Å². The summed E-state index contributed by atoms with van der Waals surface area (Å²) in [6, 6.07) is 0. The Balaban J connectivity index is 5.44. The summed E-state index contributed by atoms with van der Waals surface area (Å²) < 4.78 is 5.48. The van der Waals surface area contributed by atoms with Gasteiger partial charge in [-0.3, -0.25) is 0 Å². The summed E-state index contributed by atoms with van der Waals surface area (Å²) in [5, 5.41) is 0. The molecule has 120 valence electrons. The third kappa shape index (κ3) is 11.0. The third-order valence-corrected chi connectivity index (χ3v) is 16.0. The SMILES string of the molecule is CC(C)=C[CH2][Sn]([CH2]C=C(C)C)([CH2]C=C(C)C)[CH2]C=C(C)C. The van der Waals surface area contributed by atoms with Crippen molar-refractivity contribution >= 4 is 18.4 Å². The summed E-state index contributed by atoms with van der Waals surface area (Å²) in [5.74, 6) is 0. The third-order valence-electron chi connectivity index (χ3n) is 3.77. The van der Waals surface area contributed by atoms with E-state index in [2.05, 4.69) is 79.7 Å². The molecule has 0 N–H and O–H groups in total. The van der Waals surface area contributed by atoms with Crippen LogP contribution < -0.4 is 0 Å². The van der Waals surface area contributed by atoms with Crippen molar-refractivity contribution in [2.24, 2.45) is 0 Å². The van der Waals surface area contributed by atoms with Gasteiger partial charge in [0.05, 0.1) is 0 Å². The second-order valence-electron chi connectivity index (χ2n) is 7.44. The average Bonchev–Trinajstić information content (AvgIpc) is 2.36. The van der Waals surface area contributed by atoms with Crippen LogP contribution in [-0.2, 0) is 0 Å². The Labute approximate surface area is 138 Å². The van der Waals surface area contributed by atoms with Gasteiger partial charge in [-0.1, -0.05) is 0 Å². The van der Waals surface area contributed by atoms with Crippen molar-refractivity contribution in [3.05, 3.63) is 46.6 Å². The Morgan fingerprint density at radius 2 is 0.667 bits per heavy atom. The Bertz CT molecular complexity index is 331. The summed E-state index contributed by atoms with van der Waals surface area (Å²) in [5.41, 5.74) is 5.90. The standard InChI is InChI=1S/4C5H9.Sn/c4*1-4-5(2)3;/h4*4H,1H2,2-3H3;. The van der Waals surface area contributed by atoms with Crippen LogP contribution in [0.25, 0.3) is 0 Å². The van der Waals surface area contributed by atoms with Gasteiger partial charge in [0.15, 0.2) is 0 Å². The van der Waals surface area contributed by atoms with E-state index in [-0.39, 0.29) is 0 Å². The van der Waals surface area contributed by atoms with Crippen molar-refractivity contribution in [1.29, 1.82) is 0 Å². The van der Waals surface area contributed by atoms with E-state index in [1.165, 1.54) is 40.0 Å². The molecule has 0 aromatic heterocycles. The van der Waals surface area contributed by atoms with E-state index >= 15 is 0 Å². The molecule has 0 aliphatic carbocycles. The van der Waals surface area contributed by atoms with Gasteiger partial charge in [0.2, 0.25) is 0 Å². The van der Waals surface area contributed by atoms with Gasteiger partial charge in [-0.2, -0.15) is 0 Å². The maximum absolute atomic E-state index is 2.51. The maximum atomic E-state index is 2.51. The Kier molecular flexibility index (Phi) is 10.4. The molecular weight excluding hydrogens is 359 g/mol. The minimum atomic E-state index is -2.21. The van der Waals surface area contributed by atoms with Gasteiger partial charge >= 0.3 is 138 Å². The van der Waals surface area contributed by atoms with Crippen LogP contribution in [0, 0.1) is 0 Å². The molecule has 0 aromatic carbocycles. The molecule has 0 amide bonds. The van der Waals surface area contributed by atoms with Gasteiger partial charge in [-0.25, -0.2) is 0 Å². The summed E-state index contributed by atoms with van der Waals surface area (Å²) in [4.78, 5) is 0. The van der Waals surface area contributed by atoms with Gasteiger partial charge in [-0.15, -0.1) is 0 Å². The second kappa shape index (κ2) is 10.5. The predicted molar refractivity (Wildman–Crippen MR) is 103 cm³/mol. The number of allylic oxidation sites excluding steroid dienone is 8. The van der Waals surface area contributed by atoms with E-state index < -0.39 is 18.4 Å². The molecule has 0 saturated carbocycles. The van der Waals surface area contributed by atoms with Crippen LogP contribution >= 0.6 is 0 Å². The van der Waals surface area contributed by atoms with Gasteiger partial charge < -0.3 is 0 Å². The van der Waals surface area contributed by atoms with E-state index in [9.17, 15) is 0 Å². The average molecular weight is 395 g/mol. The molecule has 0 saturated heterocycles. The fraction of sp³-hybridized carbons (Fsp3) is 0.600. The zero-order chi connectivity index (χ0) is 16.5. The molecule has 0 unspecified atom stereocenters. The number of hydrogen-bond donors (Lipinski definition) is 0. The molecule has 0 atom stereocenters. The van der Waals surface area contributed by atoms with E-state index in [1.807, 2.05) is 0 Å². The first kappa shape index (κ1) is 20.8. The normalized spacial score (nSPS) is 10.7. The first-order chi connectivity index (χ1) is 9.67. The van der Waals surface area contributed by atoms with Gasteiger partial charge in [-0.05, 0) is 0 Å². The summed E-state index contributed by atoms with van der Waals surface area (Å²) in [6.45, 7) is 17.9. The molecule has 0 rings (SSSR count). The van der Waals surface area contributed by atoms with Crippen molar-refractivity contribution in [2.75, 3.05) is 0 Å². The molecule has 0 heterocycles. The van der Waals surface area contributed by atoms with Crippen LogP contribution in [0.3, 0.4) is 0 Å². The van der Waals surface area contributed by atoms with Crippen LogP contribution in [0.15, 0.2) is 46.6 Å². The fourth-order valence-corrected chi connectivity index (χ4v) is 14.6. The zero-order valence-corrected chi connectivity index (χ0v) is 18.5. The predicted octanol–water partition coefficient (Wildman–Crippen LogP) is 7.30. The van der Waals surface area contributed by atoms with E-state index in [4.69, 9.17) is 0 Å². The fourth-order valence-electron chi connectivity index (χ4n) is 2.18. The molecule has 0 fully saturated rings. The molecule has 0 radical (unpaired) electrons. The van der Waals surface area contributed by atoms with Crippen LogP contribution in [-0.4, -0.2) is 18.4 Å². The molecule has 0 spiro atoms. The Morgan fingerprint density at radius 1 is 0.476 bits per heavy atom. The minimum absolute atomic E-state index is 1.37. The molecule has 0 aliphatic heterocycles. The monoisotopic (exact) mass is 396 g/mol. The van der Waals surface area contributed by atoms with Gasteiger partial charge in [0.25, 0.3) is 0 Å². The van der Waals surface area contributed by atoms with Crippen molar-refractivity contribution in [1.82, 2.24) is 0 Å². The molecule has 0 nitrogen and oxygen atoms in total. The second-order valence-corrected chi connectivity index (χ2v) is 20.7. The van der Waals surface area contributed by atoms with Gasteiger partial charge in [0.1, 0.15) is 0 Å². The number of rotatable bonds is 8. The summed E-state index contributed by atoms with van der Waals surface area (Å²) >= 11 is -2.21. The van der Waals surface area contributed by atoms with Gasteiger partial charge in [0, 0.05) is 0 Å². The molecule has 21 heavy (non-hydrogen) atoms. The van der Waals surface area contributed by atoms with Crippen LogP contribution in [0.4, 0.5) is 0 Å². The summed E-state index contributed by atoms with van der Waals surface area (Å²) in [7, 11) is 0. The quantitative estimate of drug-likeness (QED) is 0.299. The molecule has 0 aromatic rings. The first-order valence-corrected chi connectivity index (χ1v) is 16.3. The molecular formula is C20H36Sn. The number of hydrogen-bond acceptors (Lipinski definition) is 0.